The monoisotopic (exact) mass is 563 g/mol. The van der Waals surface area contributed by atoms with E-state index in [9.17, 15) is 19.8 Å². The van der Waals surface area contributed by atoms with Crippen LogP contribution in [0.5, 0.6) is 0 Å². The first-order valence-electron chi connectivity index (χ1n) is 15.2. The number of alkyl carbamates (subject to hydrolysis) is 1. The molecular weight excluding hydrogens is 510 g/mol. The molecule has 0 heterocycles. The lowest BCUT2D eigenvalue weighted by atomic mass is 9.69. The van der Waals surface area contributed by atoms with Crippen LogP contribution in [0.15, 0.2) is 22.8 Å². The largest absolute Gasteiger partial charge is 0.465 e. The number of methoxy groups -OCH3 is 1. The molecule has 6 atom stereocenters. The van der Waals surface area contributed by atoms with Gasteiger partial charge in [-0.2, -0.15) is 0 Å². The maximum Gasteiger partial charge on any atom is 0.407 e. The second-order valence-electron chi connectivity index (χ2n) is 13.6. The zero-order valence-corrected chi connectivity index (χ0v) is 25.8. The number of fused-ring (bicyclic) bond motifs is 2. The minimum Gasteiger partial charge on any atom is -0.465 e. The lowest BCUT2D eigenvalue weighted by Gasteiger charge is -2.38. The minimum absolute atomic E-state index is 0.0449. The molecule has 1 fully saturated rings. The highest BCUT2D eigenvalue weighted by atomic mass is 16.6. The molecule has 3 aliphatic rings. The number of hydrogen-bond donors (Lipinski definition) is 3. The maximum absolute atomic E-state index is 12.4. The molecule has 8 heteroatoms. The van der Waals surface area contributed by atoms with Gasteiger partial charge < -0.3 is 29.7 Å². The Balaban J connectivity index is 1.55. The Hall–Kier alpha value is -1.90. The molecule has 228 valence electrons. The standard InChI is InChI=1S/C32H53NO7/c1-21(19-39-28(35)11-9-8-10-16-33-29(36)40-30(3,4)5)23-12-14-31(6)18-26-24(13-15-32(26,37)20-38-7)22(2)27(34)17-25(23)31/h18,21-22,24,27,34,37H,8-17,19-20H2,1-7H3,(H,33,36)/b26-18+/t21?,22?,24?,27-,31?,32-/m0/s1. The number of aliphatic hydroxyl groups is 2. The third-order valence-electron chi connectivity index (χ3n) is 9.12. The van der Waals surface area contributed by atoms with E-state index in [1.54, 1.807) is 7.11 Å². The van der Waals surface area contributed by atoms with Crippen molar-refractivity contribution in [2.45, 2.75) is 117 Å². The van der Waals surface area contributed by atoms with E-state index in [2.05, 4.69) is 32.2 Å². The Morgan fingerprint density at radius 2 is 1.93 bits per heavy atom. The van der Waals surface area contributed by atoms with Gasteiger partial charge in [-0.25, -0.2) is 4.79 Å². The summed E-state index contributed by atoms with van der Waals surface area (Å²) in [6.07, 6.45) is 7.99. The summed E-state index contributed by atoms with van der Waals surface area (Å²) in [5, 5.41) is 25.5. The van der Waals surface area contributed by atoms with Gasteiger partial charge in [0.15, 0.2) is 0 Å². The second-order valence-corrected chi connectivity index (χ2v) is 13.6. The maximum atomic E-state index is 12.4. The summed E-state index contributed by atoms with van der Waals surface area (Å²) in [6, 6.07) is 0. The molecule has 0 spiro atoms. The Morgan fingerprint density at radius 3 is 2.60 bits per heavy atom. The highest BCUT2D eigenvalue weighted by Gasteiger charge is 2.50. The predicted octanol–water partition coefficient (Wildman–Crippen LogP) is 5.46. The topological polar surface area (TPSA) is 114 Å². The van der Waals surface area contributed by atoms with Crippen LogP contribution in [0.3, 0.4) is 0 Å². The third kappa shape index (κ3) is 8.10. The molecule has 0 aliphatic heterocycles. The molecule has 0 bridgehead atoms. The Bertz CT molecular complexity index is 967. The van der Waals surface area contributed by atoms with E-state index in [1.165, 1.54) is 11.1 Å². The van der Waals surface area contributed by atoms with Crippen LogP contribution in [0.25, 0.3) is 0 Å². The predicted molar refractivity (Wildman–Crippen MR) is 155 cm³/mol. The van der Waals surface area contributed by atoms with Gasteiger partial charge in [0.25, 0.3) is 0 Å². The second kappa shape index (κ2) is 13.4. The fraction of sp³-hybridized carbons (Fsp3) is 0.812. The van der Waals surface area contributed by atoms with Gasteiger partial charge in [-0.15, -0.1) is 0 Å². The number of aliphatic hydroxyl groups excluding tert-OH is 1. The molecule has 0 radical (unpaired) electrons. The van der Waals surface area contributed by atoms with Crippen molar-refractivity contribution in [2.75, 3.05) is 26.9 Å². The van der Waals surface area contributed by atoms with Gasteiger partial charge in [0.05, 0.1) is 19.3 Å². The zero-order valence-electron chi connectivity index (χ0n) is 25.8. The number of unbranched alkanes of at least 4 members (excludes halogenated alkanes) is 2. The number of amides is 1. The van der Waals surface area contributed by atoms with Gasteiger partial charge >= 0.3 is 12.1 Å². The fourth-order valence-electron chi connectivity index (χ4n) is 6.82. The van der Waals surface area contributed by atoms with Gasteiger partial charge in [0.2, 0.25) is 0 Å². The Labute approximate surface area is 240 Å². The van der Waals surface area contributed by atoms with Crippen molar-refractivity contribution in [3.05, 3.63) is 22.8 Å². The van der Waals surface area contributed by atoms with Crippen LogP contribution in [0.2, 0.25) is 0 Å². The van der Waals surface area contributed by atoms with Crippen LogP contribution in [-0.2, 0) is 19.0 Å². The first-order chi connectivity index (χ1) is 18.7. The number of ether oxygens (including phenoxy) is 3. The van der Waals surface area contributed by atoms with Crippen LogP contribution < -0.4 is 5.32 Å². The molecule has 1 amide bonds. The molecule has 4 unspecified atom stereocenters. The highest BCUT2D eigenvalue weighted by Crippen LogP contribution is 2.55. The van der Waals surface area contributed by atoms with Crippen molar-refractivity contribution >= 4 is 12.1 Å². The Kier molecular flexibility index (Phi) is 10.9. The van der Waals surface area contributed by atoms with Crippen molar-refractivity contribution < 1.29 is 34.0 Å². The first-order valence-corrected chi connectivity index (χ1v) is 15.2. The summed E-state index contributed by atoms with van der Waals surface area (Å²) in [4.78, 5) is 24.1. The highest BCUT2D eigenvalue weighted by molar-refractivity contribution is 5.69. The summed E-state index contributed by atoms with van der Waals surface area (Å²) in [5.41, 5.74) is 1.82. The van der Waals surface area contributed by atoms with Crippen molar-refractivity contribution in [3.8, 4) is 0 Å². The van der Waals surface area contributed by atoms with Gasteiger partial charge in [-0.05, 0) is 83.1 Å². The average Bonchev–Trinajstić information content (AvgIpc) is 3.34. The van der Waals surface area contributed by atoms with E-state index < -0.39 is 23.4 Å². The summed E-state index contributed by atoms with van der Waals surface area (Å²) in [7, 11) is 1.63. The van der Waals surface area contributed by atoms with E-state index in [0.717, 1.165) is 37.7 Å². The van der Waals surface area contributed by atoms with Crippen LogP contribution in [0.1, 0.15) is 99.3 Å². The van der Waals surface area contributed by atoms with Crippen molar-refractivity contribution in [3.63, 3.8) is 0 Å². The van der Waals surface area contributed by atoms with E-state index in [4.69, 9.17) is 14.2 Å². The molecule has 8 nitrogen and oxygen atoms in total. The number of rotatable bonds is 11. The quantitative estimate of drug-likeness (QED) is 0.174. The summed E-state index contributed by atoms with van der Waals surface area (Å²) in [6.45, 7) is 13.0. The van der Waals surface area contributed by atoms with Crippen molar-refractivity contribution in [2.24, 2.45) is 23.2 Å². The smallest absolute Gasteiger partial charge is 0.407 e. The van der Waals surface area contributed by atoms with E-state index in [-0.39, 0.29) is 35.7 Å². The molecule has 0 saturated heterocycles. The zero-order chi connectivity index (χ0) is 29.7. The van der Waals surface area contributed by atoms with E-state index in [1.807, 2.05) is 20.8 Å². The normalized spacial score (nSPS) is 32.3. The molecule has 0 aromatic carbocycles. The Morgan fingerprint density at radius 1 is 1.20 bits per heavy atom. The summed E-state index contributed by atoms with van der Waals surface area (Å²) in [5.74, 6) is 0.0640. The third-order valence-corrected chi connectivity index (χ3v) is 9.12. The SMILES string of the molecule is COC[C@@]1(O)CCC2/C1=C\C1(C)CCC(C(C)COC(=O)CCCCCNC(=O)OC(C)(C)C)=C1C[C@H](O)C2C. The number of esters is 1. The molecular formula is C32H53NO7. The van der Waals surface area contributed by atoms with Crippen LogP contribution in [-0.4, -0.2) is 66.4 Å². The molecule has 3 N–H and O–H groups in total. The average molecular weight is 564 g/mol. The lowest BCUT2D eigenvalue weighted by Crippen LogP contribution is -2.38. The van der Waals surface area contributed by atoms with Crippen molar-refractivity contribution in [1.82, 2.24) is 5.32 Å². The molecule has 0 aromatic rings. The summed E-state index contributed by atoms with van der Waals surface area (Å²) < 4.78 is 16.3. The van der Waals surface area contributed by atoms with Crippen LogP contribution >= 0.6 is 0 Å². The van der Waals surface area contributed by atoms with Crippen LogP contribution in [0, 0.1) is 23.2 Å². The molecule has 3 aliphatic carbocycles. The summed E-state index contributed by atoms with van der Waals surface area (Å²) >= 11 is 0. The van der Waals surface area contributed by atoms with E-state index in [0.29, 0.717) is 38.8 Å². The molecule has 40 heavy (non-hydrogen) atoms. The van der Waals surface area contributed by atoms with Gasteiger partial charge in [-0.3, -0.25) is 4.79 Å². The van der Waals surface area contributed by atoms with Crippen molar-refractivity contribution in [1.29, 1.82) is 0 Å². The minimum atomic E-state index is -0.978. The lowest BCUT2D eigenvalue weighted by molar-refractivity contribution is -0.144. The van der Waals surface area contributed by atoms with Gasteiger partial charge in [0, 0.05) is 31.4 Å². The number of allylic oxidation sites excluding steroid dienone is 1. The first kappa shape index (κ1) is 32.6. The number of carbonyl (C=O) groups is 2. The van der Waals surface area contributed by atoms with Crippen LogP contribution in [0.4, 0.5) is 4.79 Å². The van der Waals surface area contributed by atoms with Gasteiger partial charge in [0.1, 0.15) is 11.2 Å². The number of hydrogen-bond acceptors (Lipinski definition) is 7. The molecule has 3 rings (SSSR count). The van der Waals surface area contributed by atoms with E-state index >= 15 is 0 Å². The molecule has 1 saturated carbocycles. The van der Waals surface area contributed by atoms with Gasteiger partial charge in [-0.1, -0.05) is 44.4 Å². The number of carbonyl (C=O) groups excluding carboxylic acids is 2. The molecule has 0 aromatic heterocycles. The fourth-order valence-corrected chi connectivity index (χ4v) is 6.82. The number of nitrogens with one attached hydrogen (secondary N) is 1.